The van der Waals surface area contributed by atoms with Crippen molar-refractivity contribution in [1.82, 2.24) is 4.57 Å². The highest BCUT2D eigenvalue weighted by atomic mass is 35.5. The second-order valence-corrected chi connectivity index (χ2v) is 7.23. The van der Waals surface area contributed by atoms with E-state index in [9.17, 15) is 9.59 Å². The van der Waals surface area contributed by atoms with E-state index in [-0.39, 0.29) is 24.7 Å². The SMILES string of the molecule is CCCCCCc1cn(C(=O)C[C@H](C)CC(=O)O)c2cc(Cl)ccc12. The minimum atomic E-state index is -0.877. The van der Waals surface area contributed by atoms with Crippen LogP contribution in [-0.4, -0.2) is 21.6 Å². The third kappa shape index (κ3) is 5.33. The molecule has 136 valence electrons. The zero-order chi connectivity index (χ0) is 18.4. The third-order valence-electron chi connectivity index (χ3n) is 4.46. The van der Waals surface area contributed by atoms with Crippen LogP contribution in [0.4, 0.5) is 0 Å². The summed E-state index contributed by atoms with van der Waals surface area (Å²) in [6.45, 7) is 3.97. The summed E-state index contributed by atoms with van der Waals surface area (Å²) < 4.78 is 1.65. The molecule has 0 spiro atoms. The van der Waals surface area contributed by atoms with Crippen LogP contribution >= 0.6 is 11.6 Å². The molecule has 4 nitrogen and oxygen atoms in total. The van der Waals surface area contributed by atoms with Crippen LogP contribution in [0.3, 0.4) is 0 Å². The molecule has 0 aliphatic rings. The quantitative estimate of drug-likeness (QED) is 0.593. The Morgan fingerprint density at radius 1 is 1.20 bits per heavy atom. The number of hydrogen-bond donors (Lipinski definition) is 1. The smallest absolute Gasteiger partial charge is 0.303 e. The van der Waals surface area contributed by atoms with Gasteiger partial charge in [0, 0.05) is 29.4 Å². The molecule has 0 fully saturated rings. The normalized spacial score (nSPS) is 12.4. The number of fused-ring (bicyclic) bond motifs is 1. The molecule has 1 N–H and O–H groups in total. The van der Waals surface area contributed by atoms with Crippen LogP contribution < -0.4 is 0 Å². The first-order valence-electron chi connectivity index (χ1n) is 8.96. The van der Waals surface area contributed by atoms with Crippen molar-refractivity contribution in [1.29, 1.82) is 0 Å². The van der Waals surface area contributed by atoms with Crippen LogP contribution in [0.1, 0.15) is 62.7 Å². The fraction of sp³-hybridized carbons (Fsp3) is 0.500. The van der Waals surface area contributed by atoms with E-state index < -0.39 is 5.97 Å². The fourth-order valence-electron chi connectivity index (χ4n) is 3.19. The molecule has 25 heavy (non-hydrogen) atoms. The van der Waals surface area contributed by atoms with Gasteiger partial charge in [-0.3, -0.25) is 14.2 Å². The molecular weight excluding hydrogens is 338 g/mol. The molecule has 1 aromatic carbocycles. The molecule has 0 bridgehead atoms. The van der Waals surface area contributed by atoms with Gasteiger partial charge in [0.2, 0.25) is 5.91 Å². The highest BCUT2D eigenvalue weighted by Gasteiger charge is 2.18. The Morgan fingerprint density at radius 3 is 2.64 bits per heavy atom. The third-order valence-corrected chi connectivity index (χ3v) is 4.70. The van der Waals surface area contributed by atoms with Gasteiger partial charge >= 0.3 is 5.97 Å². The topological polar surface area (TPSA) is 59.3 Å². The number of carboxylic acid groups (broad SMARTS) is 1. The summed E-state index contributed by atoms with van der Waals surface area (Å²) >= 11 is 6.12. The van der Waals surface area contributed by atoms with E-state index in [4.69, 9.17) is 16.7 Å². The summed E-state index contributed by atoms with van der Waals surface area (Å²) in [6, 6.07) is 5.63. The minimum Gasteiger partial charge on any atom is -0.481 e. The number of unbranched alkanes of at least 4 members (excludes halogenated alkanes) is 3. The lowest BCUT2D eigenvalue weighted by molar-refractivity contribution is -0.137. The Morgan fingerprint density at radius 2 is 1.96 bits per heavy atom. The standard InChI is InChI=1S/C20H26ClNO3/c1-3-4-5-6-7-15-13-22(18-12-16(21)8-9-17(15)18)19(23)10-14(2)11-20(24)25/h8-9,12-14H,3-7,10-11H2,1-2H3,(H,24,25)/t14-/m0/s1. The number of aromatic nitrogens is 1. The molecule has 1 aromatic heterocycles. The number of aryl methyl sites for hydroxylation is 1. The first-order chi connectivity index (χ1) is 11.9. The number of carboxylic acids is 1. The average Bonchev–Trinajstić information content (AvgIpc) is 2.88. The Labute approximate surface area is 153 Å². The largest absolute Gasteiger partial charge is 0.481 e. The highest BCUT2D eigenvalue weighted by molar-refractivity contribution is 6.31. The average molecular weight is 364 g/mol. The minimum absolute atomic E-state index is 0.00439. The van der Waals surface area contributed by atoms with E-state index in [0.717, 1.165) is 29.3 Å². The van der Waals surface area contributed by atoms with Gasteiger partial charge in [-0.05, 0) is 36.5 Å². The van der Waals surface area contributed by atoms with E-state index in [2.05, 4.69) is 6.92 Å². The van der Waals surface area contributed by atoms with Gasteiger partial charge in [0.1, 0.15) is 0 Å². The highest BCUT2D eigenvalue weighted by Crippen LogP contribution is 2.27. The summed E-state index contributed by atoms with van der Waals surface area (Å²) in [5.74, 6) is -1.16. The molecule has 2 rings (SSSR count). The number of nitrogens with zero attached hydrogens (tertiary/aromatic N) is 1. The van der Waals surface area contributed by atoms with Gasteiger partial charge in [-0.2, -0.15) is 0 Å². The Kier molecular flexibility index (Phi) is 7.06. The van der Waals surface area contributed by atoms with Gasteiger partial charge in [-0.1, -0.05) is 50.8 Å². The van der Waals surface area contributed by atoms with Gasteiger partial charge in [-0.15, -0.1) is 0 Å². The van der Waals surface area contributed by atoms with Gasteiger partial charge in [0.15, 0.2) is 0 Å². The molecule has 2 aromatic rings. The van der Waals surface area contributed by atoms with E-state index in [0.29, 0.717) is 5.02 Å². The van der Waals surface area contributed by atoms with Crippen molar-refractivity contribution >= 4 is 34.4 Å². The lowest BCUT2D eigenvalue weighted by atomic mass is 10.0. The number of aliphatic carboxylic acids is 1. The Hall–Kier alpha value is -1.81. The summed E-state index contributed by atoms with van der Waals surface area (Å²) in [4.78, 5) is 23.5. The summed E-state index contributed by atoms with van der Waals surface area (Å²) in [7, 11) is 0. The van der Waals surface area contributed by atoms with E-state index >= 15 is 0 Å². The van der Waals surface area contributed by atoms with Crippen molar-refractivity contribution in [3.63, 3.8) is 0 Å². The number of rotatable bonds is 9. The predicted octanol–water partition coefficient (Wildman–Crippen LogP) is 5.56. The summed E-state index contributed by atoms with van der Waals surface area (Å²) in [6.07, 6.45) is 7.73. The monoisotopic (exact) mass is 363 g/mol. The van der Waals surface area contributed by atoms with Crippen molar-refractivity contribution in [3.05, 3.63) is 35.0 Å². The van der Waals surface area contributed by atoms with Crippen LogP contribution in [0.2, 0.25) is 5.02 Å². The van der Waals surface area contributed by atoms with Gasteiger partial charge < -0.3 is 5.11 Å². The number of hydrogen-bond acceptors (Lipinski definition) is 2. The first kappa shape index (κ1) is 19.5. The first-order valence-corrected chi connectivity index (χ1v) is 9.34. The van der Waals surface area contributed by atoms with E-state index in [1.807, 2.05) is 24.4 Å². The van der Waals surface area contributed by atoms with Crippen LogP contribution in [-0.2, 0) is 11.2 Å². The maximum absolute atomic E-state index is 12.7. The second kappa shape index (κ2) is 9.04. The zero-order valence-electron chi connectivity index (χ0n) is 14.9. The molecule has 0 aliphatic heterocycles. The molecule has 1 atom stereocenters. The molecule has 0 saturated carbocycles. The maximum atomic E-state index is 12.7. The zero-order valence-corrected chi connectivity index (χ0v) is 15.7. The van der Waals surface area contributed by atoms with Crippen LogP contribution in [0.15, 0.2) is 24.4 Å². The maximum Gasteiger partial charge on any atom is 0.303 e. The van der Waals surface area contributed by atoms with Crippen molar-refractivity contribution in [2.45, 2.75) is 58.8 Å². The van der Waals surface area contributed by atoms with Gasteiger partial charge in [0.25, 0.3) is 0 Å². The number of carbonyl (C=O) groups excluding carboxylic acids is 1. The van der Waals surface area contributed by atoms with Crippen LogP contribution in [0, 0.1) is 5.92 Å². The van der Waals surface area contributed by atoms with Crippen molar-refractivity contribution in [3.8, 4) is 0 Å². The molecule has 0 saturated heterocycles. The number of halogens is 1. The number of benzene rings is 1. The Balaban J connectivity index is 2.24. The fourth-order valence-corrected chi connectivity index (χ4v) is 3.35. The second-order valence-electron chi connectivity index (χ2n) is 6.80. The van der Waals surface area contributed by atoms with Crippen molar-refractivity contribution in [2.75, 3.05) is 0 Å². The van der Waals surface area contributed by atoms with Crippen molar-refractivity contribution < 1.29 is 14.7 Å². The molecule has 5 heteroatoms. The van der Waals surface area contributed by atoms with Gasteiger partial charge in [0.05, 0.1) is 5.52 Å². The predicted molar refractivity (Wildman–Crippen MR) is 101 cm³/mol. The summed E-state index contributed by atoms with van der Waals surface area (Å²) in [5.41, 5.74) is 1.97. The van der Waals surface area contributed by atoms with Crippen LogP contribution in [0.25, 0.3) is 10.9 Å². The molecule has 0 radical (unpaired) electrons. The van der Waals surface area contributed by atoms with Crippen molar-refractivity contribution in [2.24, 2.45) is 5.92 Å². The molecular formula is C20H26ClNO3. The van der Waals surface area contributed by atoms with Gasteiger partial charge in [-0.25, -0.2) is 0 Å². The summed E-state index contributed by atoms with van der Waals surface area (Å²) in [5, 5.41) is 10.5. The number of carbonyl (C=O) groups is 2. The van der Waals surface area contributed by atoms with Crippen LogP contribution in [0.5, 0.6) is 0 Å². The lowest BCUT2D eigenvalue weighted by Gasteiger charge is -2.09. The Bertz CT molecular complexity index is 751. The molecule has 0 amide bonds. The molecule has 0 aliphatic carbocycles. The van der Waals surface area contributed by atoms with E-state index in [1.165, 1.54) is 19.3 Å². The lowest BCUT2D eigenvalue weighted by Crippen LogP contribution is -2.15. The molecule has 0 unspecified atom stereocenters. The van der Waals surface area contributed by atoms with E-state index in [1.54, 1.807) is 11.5 Å². The molecule has 1 heterocycles.